The van der Waals surface area contributed by atoms with Crippen LogP contribution < -0.4 is 5.73 Å². The van der Waals surface area contributed by atoms with Crippen molar-refractivity contribution in [2.75, 3.05) is 0 Å². The first-order valence-corrected chi connectivity index (χ1v) is 4.44. The van der Waals surface area contributed by atoms with Crippen LogP contribution in [0.4, 0.5) is 8.78 Å². The van der Waals surface area contributed by atoms with Crippen molar-refractivity contribution in [2.24, 2.45) is 5.73 Å². The minimum absolute atomic E-state index is 0.160. The highest BCUT2D eigenvalue weighted by Crippen LogP contribution is 2.12. The van der Waals surface area contributed by atoms with E-state index in [0.717, 1.165) is 6.07 Å². The van der Waals surface area contributed by atoms with E-state index < -0.39 is 11.6 Å². The first-order valence-electron chi connectivity index (χ1n) is 4.44. The molecule has 3 heteroatoms. The van der Waals surface area contributed by atoms with Gasteiger partial charge in [-0.25, -0.2) is 8.78 Å². The molecular weight excluding hydrogens is 184 g/mol. The van der Waals surface area contributed by atoms with Gasteiger partial charge in [-0.2, -0.15) is 0 Å². The van der Waals surface area contributed by atoms with Gasteiger partial charge < -0.3 is 5.73 Å². The Hall–Kier alpha value is -1.22. The minimum atomic E-state index is -0.566. The average Bonchev–Trinajstić information content (AvgIpc) is 2.10. The van der Waals surface area contributed by atoms with E-state index in [4.69, 9.17) is 5.73 Å². The first-order chi connectivity index (χ1) is 6.63. The number of hydrogen-bond donors (Lipinski definition) is 1. The fraction of sp³-hybridized carbons (Fsp3) is 0.273. The molecule has 14 heavy (non-hydrogen) atoms. The fourth-order valence-corrected chi connectivity index (χ4v) is 1.27. The molecule has 0 amide bonds. The van der Waals surface area contributed by atoms with Crippen LogP contribution in [0.5, 0.6) is 0 Å². The monoisotopic (exact) mass is 197 g/mol. The molecule has 0 aliphatic rings. The maximum absolute atomic E-state index is 13.1. The topological polar surface area (TPSA) is 26.0 Å². The van der Waals surface area contributed by atoms with Crippen molar-refractivity contribution in [3.8, 4) is 0 Å². The maximum Gasteiger partial charge on any atom is 0.129 e. The summed E-state index contributed by atoms with van der Waals surface area (Å²) in [5.41, 5.74) is 6.14. The molecule has 0 heterocycles. The molecule has 1 unspecified atom stereocenters. The Morgan fingerprint density at radius 1 is 1.43 bits per heavy atom. The molecule has 0 spiro atoms. The molecule has 0 aliphatic heterocycles. The highest BCUT2D eigenvalue weighted by atomic mass is 19.1. The Morgan fingerprint density at radius 3 is 2.71 bits per heavy atom. The molecule has 1 aromatic rings. The molecule has 0 aromatic heterocycles. The average molecular weight is 197 g/mol. The number of hydrogen-bond acceptors (Lipinski definition) is 1. The van der Waals surface area contributed by atoms with Gasteiger partial charge in [0, 0.05) is 12.1 Å². The minimum Gasteiger partial charge on any atom is -0.327 e. The number of halogens is 2. The molecule has 1 atom stereocenters. The molecule has 0 aliphatic carbocycles. The second kappa shape index (κ2) is 4.86. The van der Waals surface area contributed by atoms with Crippen LogP contribution in [0.1, 0.15) is 12.0 Å². The van der Waals surface area contributed by atoms with E-state index in [2.05, 4.69) is 6.58 Å². The Bertz CT molecular complexity index is 323. The molecule has 2 N–H and O–H groups in total. The highest BCUT2D eigenvalue weighted by Gasteiger charge is 2.07. The van der Waals surface area contributed by atoms with Crippen LogP contribution in [0.2, 0.25) is 0 Å². The van der Waals surface area contributed by atoms with Gasteiger partial charge in [-0.3, -0.25) is 0 Å². The molecule has 0 saturated heterocycles. The third-order valence-electron chi connectivity index (χ3n) is 1.97. The third kappa shape index (κ3) is 2.92. The largest absolute Gasteiger partial charge is 0.327 e. The fourth-order valence-electron chi connectivity index (χ4n) is 1.27. The van der Waals surface area contributed by atoms with Gasteiger partial charge in [-0.05, 0) is 24.5 Å². The molecule has 1 nitrogen and oxygen atoms in total. The van der Waals surface area contributed by atoms with Crippen molar-refractivity contribution in [3.63, 3.8) is 0 Å². The zero-order valence-corrected chi connectivity index (χ0v) is 7.84. The maximum atomic E-state index is 13.1. The normalized spacial score (nSPS) is 12.5. The second-order valence-corrected chi connectivity index (χ2v) is 3.22. The molecule has 0 radical (unpaired) electrons. The van der Waals surface area contributed by atoms with Crippen LogP contribution in [-0.2, 0) is 6.42 Å². The lowest BCUT2D eigenvalue weighted by Gasteiger charge is -2.09. The standard InChI is InChI=1S/C11H13F2N/c1-2-3-10(14)6-8-4-5-9(12)7-11(8)13/h2,4-5,7,10H,1,3,6,14H2. The molecule has 0 bridgehead atoms. The van der Waals surface area contributed by atoms with E-state index in [9.17, 15) is 8.78 Å². The van der Waals surface area contributed by atoms with Gasteiger partial charge in [0.15, 0.2) is 0 Å². The van der Waals surface area contributed by atoms with Gasteiger partial charge in [0.25, 0.3) is 0 Å². The van der Waals surface area contributed by atoms with Gasteiger partial charge in [0.2, 0.25) is 0 Å². The lowest BCUT2D eigenvalue weighted by molar-refractivity contribution is 0.560. The molecule has 1 rings (SSSR count). The summed E-state index contributed by atoms with van der Waals surface area (Å²) in [6, 6.07) is 3.37. The quantitative estimate of drug-likeness (QED) is 0.737. The Morgan fingerprint density at radius 2 is 2.14 bits per heavy atom. The molecule has 76 valence electrons. The predicted molar refractivity (Wildman–Crippen MR) is 52.9 cm³/mol. The summed E-state index contributed by atoms with van der Waals surface area (Å²) in [7, 11) is 0. The van der Waals surface area contributed by atoms with Gasteiger partial charge in [-0.15, -0.1) is 6.58 Å². The van der Waals surface area contributed by atoms with Gasteiger partial charge in [0.05, 0.1) is 0 Å². The number of benzene rings is 1. The van der Waals surface area contributed by atoms with Gasteiger partial charge in [0.1, 0.15) is 11.6 Å². The van der Waals surface area contributed by atoms with E-state index >= 15 is 0 Å². The smallest absolute Gasteiger partial charge is 0.129 e. The number of nitrogens with two attached hydrogens (primary N) is 1. The van der Waals surface area contributed by atoms with Crippen molar-refractivity contribution in [2.45, 2.75) is 18.9 Å². The van der Waals surface area contributed by atoms with E-state index in [1.807, 2.05) is 0 Å². The first kappa shape index (κ1) is 10.9. The predicted octanol–water partition coefficient (Wildman–Crippen LogP) is 2.41. The van der Waals surface area contributed by atoms with Crippen molar-refractivity contribution in [1.82, 2.24) is 0 Å². The second-order valence-electron chi connectivity index (χ2n) is 3.22. The van der Waals surface area contributed by atoms with Crippen molar-refractivity contribution >= 4 is 0 Å². The van der Waals surface area contributed by atoms with E-state index in [0.29, 0.717) is 18.4 Å². The summed E-state index contributed by atoms with van der Waals surface area (Å²) < 4.78 is 25.7. The summed E-state index contributed by atoms with van der Waals surface area (Å²) in [6.45, 7) is 3.55. The van der Waals surface area contributed by atoms with Crippen molar-refractivity contribution in [1.29, 1.82) is 0 Å². The molecule has 0 saturated carbocycles. The lowest BCUT2D eigenvalue weighted by Crippen LogP contribution is -2.22. The van der Waals surface area contributed by atoms with Crippen LogP contribution >= 0.6 is 0 Å². The zero-order chi connectivity index (χ0) is 10.6. The number of rotatable bonds is 4. The van der Waals surface area contributed by atoms with Crippen molar-refractivity contribution < 1.29 is 8.78 Å². The van der Waals surface area contributed by atoms with E-state index in [1.165, 1.54) is 12.1 Å². The summed E-state index contributed by atoms with van der Waals surface area (Å²) >= 11 is 0. The highest BCUT2D eigenvalue weighted by molar-refractivity contribution is 5.19. The SMILES string of the molecule is C=CCC(N)Cc1ccc(F)cc1F. The van der Waals surface area contributed by atoms with Crippen LogP contribution in [0, 0.1) is 11.6 Å². The summed E-state index contributed by atoms with van der Waals surface area (Å²) in [4.78, 5) is 0. The molecular formula is C11H13F2N. The van der Waals surface area contributed by atoms with Crippen LogP contribution in [0.3, 0.4) is 0 Å². The Kier molecular flexibility index (Phi) is 3.77. The third-order valence-corrected chi connectivity index (χ3v) is 1.97. The molecule has 0 fully saturated rings. The summed E-state index contributed by atoms with van der Waals surface area (Å²) in [5, 5.41) is 0. The Labute approximate surface area is 82.2 Å². The molecule has 1 aromatic carbocycles. The zero-order valence-electron chi connectivity index (χ0n) is 7.84. The van der Waals surface area contributed by atoms with E-state index in [-0.39, 0.29) is 6.04 Å². The van der Waals surface area contributed by atoms with Crippen LogP contribution in [-0.4, -0.2) is 6.04 Å². The van der Waals surface area contributed by atoms with Gasteiger partial charge >= 0.3 is 0 Å². The van der Waals surface area contributed by atoms with Crippen molar-refractivity contribution in [3.05, 3.63) is 48.1 Å². The lowest BCUT2D eigenvalue weighted by atomic mass is 10.0. The Balaban J connectivity index is 2.71. The summed E-state index contributed by atoms with van der Waals surface area (Å²) in [6.07, 6.45) is 2.71. The van der Waals surface area contributed by atoms with E-state index in [1.54, 1.807) is 6.08 Å². The van der Waals surface area contributed by atoms with Gasteiger partial charge in [-0.1, -0.05) is 12.1 Å². The van der Waals surface area contributed by atoms with Crippen LogP contribution in [0.25, 0.3) is 0 Å². The van der Waals surface area contributed by atoms with Crippen LogP contribution in [0.15, 0.2) is 30.9 Å². The summed E-state index contributed by atoms with van der Waals surface area (Å²) in [5.74, 6) is -1.10.